The van der Waals surface area contributed by atoms with E-state index in [-0.39, 0.29) is 47.2 Å². The number of carbonyl (C=O) groups is 2. The number of benzene rings is 2. The molecule has 3 aromatic rings. The second-order valence-corrected chi connectivity index (χ2v) is 20.3. The van der Waals surface area contributed by atoms with Gasteiger partial charge in [0.1, 0.15) is 17.9 Å². The predicted octanol–water partition coefficient (Wildman–Crippen LogP) is 6.37. The highest BCUT2D eigenvalue weighted by atomic mass is 32.2. The summed E-state index contributed by atoms with van der Waals surface area (Å²) in [5, 5.41) is 0. The topological polar surface area (TPSA) is 174 Å². The van der Waals surface area contributed by atoms with Gasteiger partial charge in [-0.15, -0.1) is 0 Å². The summed E-state index contributed by atoms with van der Waals surface area (Å²) in [6, 6.07) is 15.1. The van der Waals surface area contributed by atoms with Crippen LogP contribution in [0.3, 0.4) is 0 Å². The zero-order chi connectivity index (χ0) is 42.4. The maximum absolute atomic E-state index is 13.4. The van der Waals surface area contributed by atoms with Gasteiger partial charge in [0.25, 0.3) is 0 Å². The lowest BCUT2D eigenvalue weighted by Crippen LogP contribution is -2.53. The molecule has 15 heteroatoms. The highest BCUT2D eigenvalue weighted by Gasteiger charge is 2.39. The first-order valence-corrected chi connectivity index (χ1v) is 23.8. The third kappa shape index (κ3) is 11.1. The number of allylic oxidation sites excluding steroid dienone is 1. The monoisotopic (exact) mass is 835 g/mol. The zero-order valence-electron chi connectivity index (χ0n) is 35.2. The molecule has 13 nitrogen and oxygen atoms in total. The lowest BCUT2D eigenvalue weighted by atomic mass is 10.0. The minimum absolute atomic E-state index is 0.00332. The number of imidazole rings is 1. The Morgan fingerprint density at radius 3 is 1.67 bits per heavy atom. The molecule has 0 bridgehead atoms. The van der Waals surface area contributed by atoms with Crippen molar-refractivity contribution >= 4 is 37.6 Å². The third-order valence-electron chi connectivity index (χ3n) is 11.1. The first-order chi connectivity index (χ1) is 27.4. The van der Waals surface area contributed by atoms with Crippen molar-refractivity contribution < 1.29 is 26.4 Å². The molecule has 4 heterocycles. The van der Waals surface area contributed by atoms with Crippen LogP contribution in [0.4, 0.5) is 0 Å². The van der Waals surface area contributed by atoms with Crippen LogP contribution in [0.25, 0.3) is 22.4 Å². The van der Waals surface area contributed by atoms with Gasteiger partial charge in [0.2, 0.25) is 31.9 Å². The number of nitrogens with zero attached hydrogens (tertiary/aromatic N) is 4. The largest absolute Gasteiger partial charge is 0.340 e. The summed E-state index contributed by atoms with van der Waals surface area (Å²) in [4.78, 5) is 42.4. The zero-order valence-corrected chi connectivity index (χ0v) is 36.8. The predicted molar refractivity (Wildman–Crippen MR) is 231 cm³/mol. The van der Waals surface area contributed by atoms with Crippen molar-refractivity contribution in [3.63, 3.8) is 0 Å². The Morgan fingerprint density at radius 2 is 1.21 bits per heavy atom. The smallest absolute Gasteiger partial charge is 0.241 e. The average Bonchev–Trinajstić information content (AvgIpc) is 4.03. The molecule has 1 aromatic heterocycles. The van der Waals surface area contributed by atoms with Crippen molar-refractivity contribution in [1.29, 1.82) is 0 Å². The van der Waals surface area contributed by atoms with Gasteiger partial charge >= 0.3 is 0 Å². The molecule has 2 fully saturated rings. The van der Waals surface area contributed by atoms with Gasteiger partial charge in [-0.05, 0) is 87.5 Å². The van der Waals surface area contributed by atoms with Crippen molar-refractivity contribution in [3.8, 4) is 22.4 Å². The molecule has 0 spiro atoms. The Kier molecular flexibility index (Phi) is 14.9. The van der Waals surface area contributed by atoms with E-state index in [4.69, 9.17) is 0 Å². The fourth-order valence-electron chi connectivity index (χ4n) is 7.56. The Morgan fingerprint density at radius 1 is 0.741 bits per heavy atom. The average molecular weight is 836 g/mol. The summed E-state index contributed by atoms with van der Waals surface area (Å²) in [6.45, 7) is 16.0. The van der Waals surface area contributed by atoms with Gasteiger partial charge in [0.15, 0.2) is 0 Å². The number of amides is 2. The van der Waals surface area contributed by atoms with Crippen molar-refractivity contribution in [3.05, 3.63) is 77.9 Å². The molecule has 2 saturated heterocycles. The number of aromatic amines is 1. The quantitative estimate of drug-likeness (QED) is 0.169. The summed E-state index contributed by atoms with van der Waals surface area (Å²) < 4.78 is 53.3. The molecule has 3 aliphatic rings. The molecular weight excluding hydrogens is 775 g/mol. The van der Waals surface area contributed by atoms with Gasteiger partial charge in [-0.3, -0.25) is 14.6 Å². The first-order valence-electron chi connectivity index (χ1n) is 20.5. The summed E-state index contributed by atoms with van der Waals surface area (Å²) in [5.74, 6) is 0.0562. The number of H-pyrrole nitrogens is 1. The number of aryl methyl sites for hydroxylation is 1. The molecule has 2 aromatic carbocycles. The SMILES string of the molecule is CCS(=O)(=O)N[C@@H](C(=O)N1CCC[C@H]1C1=NC=C(C)C1)C(C)C.CCS(=O)(=O)N[C@@H](C(=O)N1CCC[C@H]1c1ncc(-c2ccc(-c3ccc(C)cc3)cc2)[nH]1)C(C)C. The number of nitrogens with one attached hydrogen (secondary N) is 3. The first kappa shape index (κ1) is 44.9. The van der Waals surface area contributed by atoms with Crippen LogP contribution in [-0.2, 0) is 29.6 Å². The van der Waals surface area contributed by atoms with Gasteiger partial charge in [-0.25, -0.2) is 31.3 Å². The van der Waals surface area contributed by atoms with E-state index in [1.807, 2.05) is 45.7 Å². The van der Waals surface area contributed by atoms with Crippen LogP contribution >= 0.6 is 0 Å². The molecule has 58 heavy (non-hydrogen) atoms. The fraction of sp³-hybridized carbons (Fsp3) is 0.535. The molecular formula is C43H61N7O6S2. The number of aromatic nitrogens is 2. The lowest BCUT2D eigenvalue weighted by molar-refractivity contribution is -0.135. The van der Waals surface area contributed by atoms with Crippen molar-refractivity contribution in [2.24, 2.45) is 16.8 Å². The van der Waals surface area contributed by atoms with Gasteiger partial charge in [0.05, 0.1) is 35.5 Å². The minimum atomic E-state index is -3.50. The summed E-state index contributed by atoms with van der Waals surface area (Å²) in [6.07, 6.45) is 7.94. The Labute approximate surface area is 345 Å². The number of sulfonamides is 2. The van der Waals surface area contributed by atoms with Crippen LogP contribution in [0, 0.1) is 18.8 Å². The number of aliphatic imine (C=N–C) groups is 1. The molecule has 3 N–H and O–H groups in total. The molecule has 0 aliphatic carbocycles. The normalized spacial score (nSPS) is 19.6. The van der Waals surface area contributed by atoms with E-state index in [0.29, 0.717) is 13.1 Å². The Hall–Kier alpha value is -4.18. The maximum Gasteiger partial charge on any atom is 0.241 e. The molecule has 0 radical (unpaired) electrons. The summed E-state index contributed by atoms with van der Waals surface area (Å²) in [7, 11) is -6.92. The maximum atomic E-state index is 13.4. The molecule has 0 unspecified atom stereocenters. The number of likely N-dealkylation sites (tertiary alicyclic amines) is 2. The molecule has 3 aliphatic heterocycles. The van der Waals surface area contributed by atoms with Crippen LogP contribution in [0.2, 0.25) is 0 Å². The number of carbonyl (C=O) groups excluding carboxylic acids is 2. The van der Waals surface area contributed by atoms with Crippen LogP contribution in [0.5, 0.6) is 0 Å². The Balaban J connectivity index is 0.000000242. The molecule has 2 amide bonds. The van der Waals surface area contributed by atoms with E-state index >= 15 is 0 Å². The fourth-order valence-corrected chi connectivity index (χ4v) is 9.41. The van der Waals surface area contributed by atoms with Gasteiger partial charge in [-0.2, -0.15) is 0 Å². The summed E-state index contributed by atoms with van der Waals surface area (Å²) >= 11 is 0. The lowest BCUT2D eigenvalue weighted by Gasteiger charge is -2.31. The second kappa shape index (κ2) is 19.3. The van der Waals surface area contributed by atoms with Crippen molar-refractivity contribution in [2.75, 3.05) is 24.6 Å². The van der Waals surface area contributed by atoms with Crippen LogP contribution in [-0.4, -0.2) is 96.9 Å². The number of hydrogen-bond acceptors (Lipinski definition) is 8. The van der Waals surface area contributed by atoms with Crippen LogP contribution in [0.15, 0.2) is 71.5 Å². The molecule has 4 atom stereocenters. The third-order valence-corrected chi connectivity index (χ3v) is 13.8. The van der Waals surface area contributed by atoms with Gasteiger partial charge in [-0.1, -0.05) is 81.8 Å². The molecule has 6 rings (SSSR count). The van der Waals surface area contributed by atoms with E-state index in [9.17, 15) is 26.4 Å². The van der Waals surface area contributed by atoms with E-state index in [1.165, 1.54) is 16.7 Å². The highest BCUT2D eigenvalue weighted by Crippen LogP contribution is 2.33. The van der Waals surface area contributed by atoms with E-state index < -0.39 is 32.1 Å². The van der Waals surface area contributed by atoms with E-state index in [1.54, 1.807) is 24.9 Å². The van der Waals surface area contributed by atoms with E-state index in [2.05, 4.69) is 79.9 Å². The second-order valence-electron chi connectivity index (χ2n) is 16.3. The van der Waals surface area contributed by atoms with Crippen molar-refractivity contribution in [1.82, 2.24) is 29.2 Å². The molecule has 316 valence electrons. The minimum Gasteiger partial charge on any atom is -0.340 e. The van der Waals surface area contributed by atoms with Crippen LogP contribution in [0.1, 0.15) is 98.0 Å². The number of rotatable bonds is 14. The molecule has 0 saturated carbocycles. The Bertz CT molecular complexity index is 2180. The summed E-state index contributed by atoms with van der Waals surface area (Å²) in [5.41, 5.74) is 7.69. The van der Waals surface area contributed by atoms with E-state index in [0.717, 1.165) is 60.5 Å². The number of hydrogen-bond donors (Lipinski definition) is 3. The van der Waals surface area contributed by atoms with Crippen LogP contribution < -0.4 is 9.44 Å². The van der Waals surface area contributed by atoms with Crippen molar-refractivity contribution in [2.45, 2.75) is 112 Å². The van der Waals surface area contributed by atoms with Gasteiger partial charge < -0.3 is 14.8 Å². The highest BCUT2D eigenvalue weighted by molar-refractivity contribution is 7.89. The standard InChI is InChI=1S/C27H34N4O3S.C16H27N3O3S/c1-5-35(33,34)30-25(18(2)3)27(32)31-16-6-7-24(31)26-28-17-23(29-26)22-14-12-21(13-15-22)20-10-8-19(4)9-11-20;1-5-23(21,22)18-15(11(2)3)16(20)19-8-6-7-14(19)13-9-12(4)10-17-13/h8-15,17-18,24-25,30H,5-7,16H2,1-4H3,(H,28,29);10-11,14-15,18H,5-9H2,1-4H3/t24-,25+;14-,15+/m00/s1. The van der Waals surface area contributed by atoms with Gasteiger partial charge in [0, 0.05) is 31.4 Å².